The van der Waals surface area contributed by atoms with Gasteiger partial charge in [-0.3, -0.25) is 4.79 Å². The standard InChI is InChI=1S/C13H16FNO2/c1-17-9-11-7-12(14)13(16)15(11)8-10-5-3-2-4-6-10/h2-6,11-12H,7-9H2,1H3/t11-,12+/m0/s1. The summed E-state index contributed by atoms with van der Waals surface area (Å²) < 4.78 is 18.4. The number of nitrogens with zero attached hydrogens (tertiary/aromatic N) is 1. The summed E-state index contributed by atoms with van der Waals surface area (Å²) in [4.78, 5) is 13.3. The van der Waals surface area contributed by atoms with Crippen molar-refractivity contribution in [2.75, 3.05) is 13.7 Å². The molecular weight excluding hydrogens is 221 g/mol. The fourth-order valence-corrected chi connectivity index (χ4v) is 2.16. The Bertz CT molecular complexity index is 382. The number of alkyl halides is 1. The molecule has 1 aliphatic rings. The van der Waals surface area contributed by atoms with Gasteiger partial charge in [0.05, 0.1) is 12.6 Å². The van der Waals surface area contributed by atoms with Gasteiger partial charge < -0.3 is 9.64 Å². The molecule has 0 aliphatic carbocycles. The molecule has 17 heavy (non-hydrogen) atoms. The fraction of sp³-hybridized carbons (Fsp3) is 0.462. The smallest absolute Gasteiger partial charge is 0.257 e. The van der Waals surface area contributed by atoms with Crippen molar-refractivity contribution >= 4 is 5.91 Å². The Balaban J connectivity index is 2.09. The van der Waals surface area contributed by atoms with Crippen molar-refractivity contribution < 1.29 is 13.9 Å². The van der Waals surface area contributed by atoms with Crippen LogP contribution in [0, 0.1) is 0 Å². The van der Waals surface area contributed by atoms with Crippen molar-refractivity contribution in [3.63, 3.8) is 0 Å². The van der Waals surface area contributed by atoms with E-state index < -0.39 is 12.1 Å². The zero-order chi connectivity index (χ0) is 12.3. The second-order valence-corrected chi connectivity index (χ2v) is 4.26. The first-order valence-corrected chi connectivity index (χ1v) is 5.69. The predicted molar refractivity (Wildman–Crippen MR) is 62.2 cm³/mol. The number of rotatable bonds is 4. The molecule has 1 fully saturated rings. The van der Waals surface area contributed by atoms with Crippen molar-refractivity contribution in [3.8, 4) is 0 Å². The lowest BCUT2D eigenvalue weighted by atomic mass is 10.2. The highest BCUT2D eigenvalue weighted by Gasteiger charge is 2.39. The summed E-state index contributed by atoms with van der Waals surface area (Å²) in [5.74, 6) is -0.420. The summed E-state index contributed by atoms with van der Waals surface area (Å²) in [6.45, 7) is 0.840. The van der Waals surface area contributed by atoms with Crippen LogP contribution in [0.25, 0.3) is 0 Å². The summed E-state index contributed by atoms with van der Waals surface area (Å²) in [5, 5.41) is 0. The number of hydrogen-bond donors (Lipinski definition) is 0. The summed E-state index contributed by atoms with van der Waals surface area (Å²) in [7, 11) is 1.57. The van der Waals surface area contributed by atoms with Crippen LogP contribution < -0.4 is 0 Å². The largest absolute Gasteiger partial charge is 0.383 e. The maximum Gasteiger partial charge on any atom is 0.257 e. The fourth-order valence-electron chi connectivity index (χ4n) is 2.16. The monoisotopic (exact) mass is 237 g/mol. The van der Waals surface area contributed by atoms with Gasteiger partial charge in [-0.05, 0) is 5.56 Å². The molecule has 0 bridgehead atoms. The number of carbonyl (C=O) groups excluding carboxylic acids is 1. The zero-order valence-electron chi connectivity index (χ0n) is 9.80. The molecule has 1 heterocycles. The maximum absolute atomic E-state index is 13.4. The lowest BCUT2D eigenvalue weighted by molar-refractivity contribution is -0.133. The van der Waals surface area contributed by atoms with Crippen LogP contribution in [-0.2, 0) is 16.1 Å². The average molecular weight is 237 g/mol. The van der Waals surface area contributed by atoms with E-state index in [1.54, 1.807) is 12.0 Å². The number of likely N-dealkylation sites (tertiary alicyclic amines) is 1. The topological polar surface area (TPSA) is 29.5 Å². The molecule has 0 N–H and O–H groups in total. The minimum atomic E-state index is -1.38. The van der Waals surface area contributed by atoms with E-state index in [1.807, 2.05) is 30.3 Å². The van der Waals surface area contributed by atoms with E-state index in [0.29, 0.717) is 13.2 Å². The molecule has 0 spiro atoms. The van der Waals surface area contributed by atoms with Crippen LogP contribution in [0.5, 0.6) is 0 Å². The second kappa shape index (κ2) is 5.27. The van der Waals surface area contributed by atoms with Crippen molar-refractivity contribution in [3.05, 3.63) is 35.9 Å². The molecule has 0 radical (unpaired) electrons. The number of hydrogen-bond acceptors (Lipinski definition) is 2. The average Bonchev–Trinajstić information content (AvgIpc) is 2.59. The lowest BCUT2D eigenvalue weighted by Crippen LogP contribution is -2.36. The van der Waals surface area contributed by atoms with Crippen LogP contribution in [0.15, 0.2) is 30.3 Å². The summed E-state index contributed by atoms with van der Waals surface area (Å²) in [5.41, 5.74) is 1.01. The van der Waals surface area contributed by atoms with E-state index in [1.165, 1.54) is 0 Å². The number of benzene rings is 1. The van der Waals surface area contributed by atoms with Gasteiger partial charge in [0.2, 0.25) is 0 Å². The third kappa shape index (κ3) is 2.64. The molecular formula is C13H16FNO2. The molecule has 0 aromatic heterocycles. The Hall–Kier alpha value is -1.42. The highest BCUT2D eigenvalue weighted by molar-refractivity contribution is 5.83. The molecule has 0 saturated carbocycles. The summed E-state index contributed by atoms with van der Waals surface area (Å²) in [6, 6.07) is 9.45. The molecule has 3 nitrogen and oxygen atoms in total. The first-order valence-electron chi connectivity index (χ1n) is 5.69. The van der Waals surface area contributed by atoms with Crippen LogP contribution in [-0.4, -0.2) is 36.7 Å². The van der Waals surface area contributed by atoms with Crippen LogP contribution in [0.1, 0.15) is 12.0 Å². The van der Waals surface area contributed by atoms with Gasteiger partial charge >= 0.3 is 0 Å². The van der Waals surface area contributed by atoms with Crippen LogP contribution >= 0.6 is 0 Å². The van der Waals surface area contributed by atoms with Crippen molar-refractivity contribution in [2.45, 2.75) is 25.2 Å². The molecule has 1 aromatic carbocycles. The highest BCUT2D eigenvalue weighted by atomic mass is 19.1. The SMILES string of the molecule is COC[C@@H]1C[C@@H](F)C(=O)N1Cc1ccccc1. The Morgan fingerprint density at radius 3 is 2.76 bits per heavy atom. The van der Waals surface area contributed by atoms with Gasteiger partial charge in [-0.15, -0.1) is 0 Å². The molecule has 0 unspecified atom stereocenters. The van der Waals surface area contributed by atoms with Gasteiger partial charge in [-0.1, -0.05) is 30.3 Å². The van der Waals surface area contributed by atoms with Gasteiger partial charge in [0.1, 0.15) is 0 Å². The maximum atomic E-state index is 13.4. The molecule has 2 rings (SSSR count). The zero-order valence-corrected chi connectivity index (χ0v) is 9.80. The minimum Gasteiger partial charge on any atom is -0.383 e. The Morgan fingerprint density at radius 2 is 2.12 bits per heavy atom. The van der Waals surface area contributed by atoms with Crippen LogP contribution in [0.2, 0.25) is 0 Å². The molecule has 92 valence electrons. The van der Waals surface area contributed by atoms with Gasteiger partial charge in [0, 0.05) is 20.1 Å². The second-order valence-electron chi connectivity index (χ2n) is 4.26. The third-order valence-electron chi connectivity index (χ3n) is 3.03. The number of methoxy groups -OCH3 is 1. The molecule has 2 atom stereocenters. The molecule has 1 saturated heterocycles. The first-order chi connectivity index (χ1) is 8.22. The van der Waals surface area contributed by atoms with Crippen LogP contribution in [0.4, 0.5) is 4.39 Å². The van der Waals surface area contributed by atoms with E-state index in [2.05, 4.69) is 0 Å². The van der Waals surface area contributed by atoms with Gasteiger partial charge in [0.15, 0.2) is 6.17 Å². The lowest BCUT2D eigenvalue weighted by Gasteiger charge is -2.23. The van der Waals surface area contributed by atoms with E-state index in [-0.39, 0.29) is 12.5 Å². The Kier molecular flexibility index (Phi) is 3.74. The Morgan fingerprint density at radius 1 is 1.41 bits per heavy atom. The van der Waals surface area contributed by atoms with E-state index >= 15 is 0 Å². The van der Waals surface area contributed by atoms with Crippen LogP contribution in [0.3, 0.4) is 0 Å². The minimum absolute atomic E-state index is 0.150. The number of halogens is 1. The highest BCUT2D eigenvalue weighted by Crippen LogP contribution is 2.24. The van der Waals surface area contributed by atoms with Crippen molar-refractivity contribution in [1.29, 1.82) is 0 Å². The normalized spacial score (nSPS) is 24.4. The quantitative estimate of drug-likeness (QED) is 0.798. The van der Waals surface area contributed by atoms with E-state index in [4.69, 9.17) is 4.74 Å². The number of amides is 1. The summed E-state index contributed by atoms with van der Waals surface area (Å²) >= 11 is 0. The third-order valence-corrected chi connectivity index (χ3v) is 3.03. The molecule has 4 heteroatoms. The van der Waals surface area contributed by atoms with E-state index in [0.717, 1.165) is 5.56 Å². The predicted octanol–water partition coefficient (Wildman–Crippen LogP) is 1.77. The van der Waals surface area contributed by atoms with Gasteiger partial charge in [-0.25, -0.2) is 4.39 Å². The van der Waals surface area contributed by atoms with Crippen molar-refractivity contribution in [2.24, 2.45) is 0 Å². The molecule has 1 amide bonds. The van der Waals surface area contributed by atoms with Gasteiger partial charge in [0.25, 0.3) is 5.91 Å². The summed E-state index contributed by atoms with van der Waals surface area (Å²) in [6.07, 6.45) is -1.14. The van der Waals surface area contributed by atoms with Gasteiger partial charge in [-0.2, -0.15) is 0 Å². The van der Waals surface area contributed by atoms with E-state index in [9.17, 15) is 9.18 Å². The number of ether oxygens (including phenoxy) is 1. The molecule has 1 aromatic rings. The molecule has 1 aliphatic heterocycles. The van der Waals surface area contributed by atoms with Crippen molar-refractivity contribution in [1.82, 2.24) is 4.90 Å². The number of carbonyl (C=O) groups is 1. The first kappa shape index (κ1) is 12.0. The Labute approximate surface area is 100 Å².